The Balaban J connectivity index is 2.18. The molecular formula is C10H12N2O3. The second-order valence-corrected chi connectivity index (χ2v) is 3.56. The summed E-state index contributed by atoms with van der Waals surface area (Å²) in [5.74, 6) is -0.450. The summed E-state index contributed by atoms with van der Waals surface area (Å²) in [4.78, 5) is 17.1. The predicted octanol–water partition coefficient (Wildman–Crippen LogP) is -0.00600. The number of carbonyl (C=O) groups is 1. The average molecular weight is 208 g/mol. The summed E-state index contributed by atoms with van der Waals surface area (Å²) in [7, 11) is 0. The molecule has 2 N–H and O–H groups in total. The van der Waals surface area contributed by atoms with Crippen LogP contribution in [0.15, 0.2) is 18.3 Å². The lowest BCUT2D eigenvalue weighted by Crippen LogP contribution is -2.30. The molecular weight excluding hydrogens is 196 g/mol. The van der Waals surface area contributed by atoms with Crippen LogP contribution in [0, 0.1) is 0 Å². The summed E-state index contributed by atoms with van der Waals surface area (Å²) < 4.78 is 0. The molecule has 1 aromatic rings. The molecule has 0 aromatic carbocycles. The molecule has 1 saturated heterocycles. The molecule has 2 heterocycles. The van der Waals surface area contributed by atoms with Crippen molar-refractivity contribution in [1.82, 2.24) is 9.88 Å². The van der Waals surface area contributed by atoms with Crippen LogP contribution in [0.3, 0.4) is 0 Å². The summed E-state index contributed by atoms with van der Waals surface area (Å²) in [5.41, 5.74) is 0.0478. The van der Waals surface area contributed by atoms with Crippen molar-refractivity contribution in [2.45, 2.75) is 12.5 Å². The Labute approximate surface area is 87.0 Å². The Hall–Kier alpha value is -1.62. The maximum Gasteiger partial charge on any atom is 0.276 e. The van der Waals surface area contributed by atoms with E-state index in [9.17, 15) is 15.0 Å². The van der Waals surface area contributed by atoms with Crippen LogP contribution in [0.2, 0.25) is 0 Å². The van der Waals surface area contributed by atoms with Gasteiger partial charge in [-0.25, -0.2) is 4.98 Å². The second kappa shape index (κ2) is 3.86. The van der Waals surface area contributed by atoms with E-state index in [1.807, 2.05) is 0 Å². The normalized spacial score (nSPS) is 20.6. The van der Waals surface area contributed by atoms with E-state index in [1.54, 1.807) is 6.07 Å². The third kappa shape index (κ3) is 1.92. The van der Waals surface area contributed by atoms with Crippen LogP contribution >= 0.6 is 0 Å². The predicted molar refractivity (Wildman–Crippen MR) is 52.4 cm³/mol. The van der Waals surface area contributed by atoms with Gasteiger partial charge in [-0.2, -0.15) is 0 Å². The van der Waals surface area contributed by atoms with Gasteiger partial charge in [0.05, 0.1) is 6.10 Å². The third-order valence-corrected chi connectivity index (χ3v) is 2.44. The highest BCUT2D eigenvalue weighted by atomic mass is 16.3. The Morgan fingerprint density at radius 3 is 3.00 bits per heavy atom. The number of rotatable bonds is 1. The lowest BCUT2D eigenvalue weighted by molar-refractivity contribution is 0.0756. The maximum atomic E-state index is 11.8. The van der Waals surface area contributed by atoms with Gasteiger partial charge in [0.1, 0.15) is 5.75 Å². The molecule has 0 bridgehead atoms. The lowest BCUT2D eigenvalue weighted by atomic mass is 10.3. The number of hydrogen-bond donors (Lipinski definition) is 2. The summed E-state index contributed by atoms with van der Waals surface area (Å²) in [6.07, 6.45) is 1.58. The van der Waals surface area contributed by atoms with E-state index < -0.39 is 6.10 Å². The molecule has 1 aliphatic heterocycles. The van der Waals surface area contributed by atoms with Gasteiger partial charge in [-0.05, 0) is 18.6 Å². The molecule has 5 heteroatoms. The molecule has 0 saturated carbocycles. The van der Waals surface area contributed by atoms with Crippen LogP contribution in [0.1, 0.15) is 16.9 Å². The van der Waals surface area contributed by atoms with E-state index in [0.717, 1.165) is 0 Å². The molecule has 0 radical (unpaired) electrons. The van der Waals surface area contributed by atoms with Gasteiger partial charge in [-0.15, -0.1) is 0 Å². The first kappa shape index (κ1) is 9.92. The Morgan fingerprint density at radius 1 is 1.60 bits per heavy atom. The molecule has 1 aliphatic rings. The highest BCUT2D eigenvalue weighted by Crippen LogP contribution is 2.18. The van der Waals surface area contributed by atoms with Crippen LogP contribution in [-0.4, -0.2) is 45.2 Å². The van der Waals surface area contributed by atoms with E-state index in [4.69, 9.17) is 0 Å². The Morgan fingerprint density at radius 2 is 2.40 bits per heavy atom. The minimum absolute atomic E-state index is 0.0478. The average Bonchev–Trinajstić information content (AvgIpc) is 2.65. The van der Waals surface area contributed by atoms with E-state index in [-0.39, 0.29) is 17.4 Å². The fourth-order valence-electron chi connectivity index (χ4n) is 1.64. The van der Waals surface area contributed by atoms with E-state index in [2.05, 4.69) is 4.98 Å². The number of likely N-dealkylation sites (tertiary alicyclic amines) is 1. The number of aromatic hydroxyl groups is 1. The summed E-state index contributed by atoms with van der Waals surface area (Å²) in [6.45, 7) is 0.824. The zero-order chi connectivity index (χ0) is 10.8. The minimum Gasteiger partial charge on any atom is -0.505 e. The minimum atomic E-state index is -0.459. The molecule has 2 rings (SSSR count). The molecule has 80 valence electrons. The molecule has 5 nitrogen and oxygen atoms in total. The van der Waals surface area contributed by atoms with Crippen LogP contribution in [0.25, 0.3) is 0 Å². The maximum absolute atomic E-state index is 11.8. The summed E-state index contributed by atoms with van der Waals surface area (Å²) in [5, 5.41) is 18.7. The number of nitrogens with zero attached hydrogens (tertiary/aromatic N) is 2. The molecule has 1 atom stereocenters. The lowest BCUT2D eigenvalue weighted by Gasteiger charge is -2.15. The fourth-order valence-corrected chi connectivity index (χ4v) is 1.64. The number of carbonyl (C=O) groups excluding carboxylic acids is 1. The molecule has 1 amide bonds. The topological polar surface area (TPSA) is 73.7 Å². The van der Waals surface area contributed by atoms with Crippen molar-refractivity contribution in [2.24, 2.45) is 0 Å². The van der Waals surface area contributed by atoms with Crippen molar-refractivity contribution in [1.29, 1.82) is 0 Å². The molecule has 0 aliphatic carbocycles. The number of amides is 1. The van der Waals surface area contributed by atoms with E-state index in [1.165, 1.54) is 17.2 Å². The smallest absolute Gasteiger partial charge is 0.276 e. The largest absolute Gasteiger partial charge is 0.505 e. The van der Waals surface area contributed by atoms with Crippen LogP contribution in [-0.2, 0) is 0 Å². The third-order valence-electron chi connectivity index (χ3n) is 2.44. The van der Waals surface area contributed by atoms with Crippen LogP contribution in [0.4, 0.5) is 0 Å². The highest BCUT2D eigenvalue weighted by molar-refractivity contribution is 5.94. The van der Waals surface area contributed by atoms with Crippen LogP contribution in [0.5, 0.6) is 5.75 Å². The van der Waals surface area contributed by atoms with Crippen molar-refractivity contribution in [3.8, 4) is 5.75 Å². The Kier molecular flexibility index (Phi) is 2.55. The van der Waals surface area contributed by atoms with Gasteiger partial charge in [0.15, 0.2) is 5.69 Å². The molecule has 1 aromatic heterocycles. The van der Waals surface area contributed by atoms with Crippen molar-refractivity contribution in [3.05, 3.63) is 24.0 Å². The zero-order valence-electron chi connectivity index (χ0n) is 8.13. The zero-order valence-corrected chi connectivity index (χ0v) is 8.13. The fraction of sp³-hybridized carbons (Fsp3) is 0.400. The van der Waals surface area contributed by atoms with E-state index >= 15 is 0 Å². The van der Waals surface area contributed by atoms with E-state index in [0.29, 0.717) is 19.5 Å². The van der Waals surface area contributed by atoms with Crippen molar-refractivity contribution in [3.63, 3.8) is 0 Å². The number of aliphatic hydroxyl groups excluding tert-OH is 1. The number of aromatic nitrogens is 1. The first-order chi connectivity index (χ1) is 7.18. The summed E-state index contributed by atoms with van der Waals surface area (Å²) >= 11 is 0. The monoisotopic (exact) mass is 208 g/mol. The van der Waals surface area contributed by atoms with Gasteiger partial charge in [0.25, 0.3) is 5.91 Å². The van der Waals surface area contributed by atoms with Gasteiger partial charge < -0.3 is 15.1 Å². The number of aliphatic hydroxyl groups is 1. The highest BCUT2D eigenvalue weighted by Gasteiger charge is 2.27. The molecule has 1 fully saturated rings. The van der Waals surface area contributed by atoms with Gasteiger partial charge in [-0.3, -0.25) is 4.79 Å². The van der Waals surface area contributed by atoms with Crippen molar-refractivity contribution in [2.75, 3.05) is 13.1 Å². The first-order valence-electron chi connectivity index (χ1n) is 4.80. The standard InChI is InChI=1S/C10H12N2O3/c13-7-3-5-12(6-7)10(15)9-8(14)2-1-4-11-9/h1-2,4,7,13-14H,3,5-6H2. The second-order valence-electron chi connectivity index (χ2n) is 3.56. The van der Waals surface area contributed by atoms with Crippen molar-refractivity contribution < 1.29 is 15.0 Å². The number of hydrogen-bond acceptors (Lipinski definition) is 4. The summed E-state index contributed by atoms with van der Waals surface area (Å²) in [6, 6.07) is 2.98. The van der Waals surface area contributed by atoms with Gasteiger partial charge in [0.2, 0.25) is 0 Å². The first-order valence-corrected chi connectivity index (χ1v) is 4.80. The quantitative estimate of drug-likeness (QED) is 0.681. The Bertz CT molecular complexity index is 381. The van der Waals surface area contributed by atoms with Crippen LogP contribution < -0.4 is 0 Å². The van der Waals surface area contributed by atoms with Gasteiger partial charge in [0, 0.05) is 19.3 Å². The van der Waals surface area contributed by atoms with Crippen molar-refractivity contribution >= 4 is 5.91 Å². The molecule has 0 spiro atoms. The van der Waals surface area contributed by atoms with Gasteiger partial charge >= 0.3 is 0 Å². The number of β-amino-alcohol motifs (C(OH)–C–C–N with tert-alkyl or cyclic N) is 1. The van der Waals surface area contributed by atoms with Gasteiger partial charge in [-0.1, -0.05) is 0 Å². The molecule has 15 heavy (non-hydrogen) atoms. The SMILES string of the molecule is O=C(c1ncccc1O)N1CCC(O)C1. The molecule has 1 unspecified atom stereocenters. The number of pyridine rings is 1.